The van der Waals surface area contributed by atoms with E-state index in [9.17, 15) is 0 Å². The van der Waals surface area contributed by atoms with Gasteiger partial charge >= 0.3 is 0 Å². The standard InChI is InChI=1S/C30H28BO.C4H12N/c1-26-20-22-30(23-21-26)32-25-13-5-12-24-31(27-14-6-2-7-15-27,28-16-8-3-9-17-28)29-18-10-4-11-19-29;1-5(2,3)4/h2-4,6-11,14-23H,5,13,25H2,1H3;1-4H3/q-1;+1. The molecule has 0 bridgehead atoms. The molecule has 4 aromatic rings. The van der Waals surface area contributed by atoms with Gasteiger partial charge < -0.3 is 9.22 Å². The van der Waals surface area contributed by atoms with Crippen molar-refractivity contribution in [1.82, 2.24) is 0 Å². The fourth-order valence-electron chi connectivity index (χ4n) is 4.26. The van der Waals surface area contributed by atoms with Crippen LogP contribution >= 0.6 is 0 Å². The van der Waals surface area contributed by atoms with Crippen LogP contribution in [-0.2, 0) is 0 Å². The molecule has 0 heterocycles. The van der Waals surface area contributed by atoms with E-state index in [2.05, 4.69) is 150 Å². The molecule has 0 saturated carbocycles. The van der Waals surface area contributed by atoms with Gasteiger partial charge in [0.05, 0.1) is 34.8 Å². The molecule has 0 N–H and O–H groups in total. The second kappa shape index (κ2) is 13.5. The van der Waals surface area contributed by atoms with Gasteiger partial charge in [-0.1, -0.05) is 109 Å². The van der Waals surface area contributed by atoms with Gasteiger partial charge in [0.15, 0.2) is 0 Å². The van der Waals surface area contributed by atoms with E-state index in [1.54, 1.807) is 0 Å². The van der Waals surface area contributed by atoms with Crippen LogP contribution in [0, 0.1) is 18.7 Å². The lowest BCUT2D eigenvalue weighted by Crippen LogP contribution is -2.66. The van der Waals surface area contributed by atoms with Crippen LogP contribution in [0.3, 0.4) is 0 Å². The summed E-state index contributed by atoms with van der Waals surface area (Å²) < 4.78 is 6.88. The SMILES string of the molecule is C[N+](C)(C)C.Cc1ccc(OCCCC#C[B-](c2ccccc2)(c2ccccc2)c2ccccc2)cc1. The topological polar surface area (TPSA) is 9.23 Å². The molecule has 37 heavy (non-hydrogen) atoms. The Balaban J connectivity index is 0.000000695. The molecule has 3 heteroatoms. The highest BCUT2D eigenvalue weighted by molar-refractivity contribution is 7.16. The molecule has 4 rings (SSSR count). The first-order valence-corrected chi connectivity index (χ1v) is 13.1. The maximum atomic E-state index is 5.88. The van der Waals surface area contributed by atoms with Crippen LogP contribution in [-0.4, -0.2) is 45.4 Å². The first-order chi connectivity index (χ1) is 17.8. The Bertz CT molecular complexity index is 1150. The van der Waals surface area contributed by atoms with Crippen molar-refractivity contribution in [2.24, 2.45) is 0 Å². The highest BCUT2D eigenvalue weighted by Gasteiger charge is 2.27. The molecule has 190 valence electrons. The fourth-order valence-corrected chi connectivity index (χ4v) is 4.26. The molecular formula is C34H40BNO. The molecular weight excluding hydrogens is 449 g/mol. The van der Waals surface area contributed by atoms with E-state index in [0.29, 0.717) is 6.61 Å². The van der Waals surface area contributed by atoms with Crippen molar-refractivity contribution in [3.63, 3.8) is 0 Å². The van der Waals surface area contributed by atoms with Gasteiger partial charge in [-0.2, -0.15) is 16.4 Å². The molecule has 0 unspecified atom stereocenters. The van der Waals surface area contributed by atoms with E-state index in [1.807, 2.05) is 12.1 Å². The number of rotatable bonds is 7. The van der Waals surface area contributed by atoms with Gasteiger partial charge in [0.2, 0.25) is 0 Å². The van der Waals surface area contributed by atoms with Crippen LogP contribution in [0.25, 0.3) is 0 Å². The van der Waals surface area contributed by atoms with Crippen LogP contribution in [0.1, 0.15) is 18.4 Å². The molecule has 0 aliphatic carbocycles. The summed E-state index contributed by atoms with van der Waals surface area (Å²) in [6, 6.07) is 40.3. The van der Waals surface area contributed by atoms with E-state index >= 15 is 0 Å². The molecule has 0 aromatic heterocycles. The third-order valence-corrected chi connectivity index (χ3v) is 5.95. The van der Waals surface area contributed by atoms with Crippen molar-refractivity contribution in [1.29, 1.82) is 0 Å². The summed E-state index contributed by atoms with van der Waals surface area (Å²) in [5.74, 6) is 8.18. The van der Waals surface area contributed by atoms with Crippen molar-refractivity contribution >= 4 is 22.5 Å². The first kappa shape index (κ1) is 27.8. The Morgan fingerprint density at radius 2 is 1.03 bits per heavy atom. The lowest BCUT2D eigenvalue weighted by molar-refractivity contribution is -0.849. The van der Waals surface area contributed by atoms with Crippen molar-refractivity contribution in [3.8, 4) is 17.5 Å². The first-order valence-electron chi connectivity index (χ1n) is 13.1. The highest BCUT2D eigenvalue weighted by atomic mass is 16.5. The molecule has 0 radical (unpaired) electrons. The van der Waals surface area contributed by atoms with E-state index < -0.39 is 6.15 Å². The lowest BCUT2D eigenvalue weighted by atomic mass is 9.16. The molecule has 0 aliphatic heterocycles. The summed E-state index contributed by atoms with van der Waals surface area (Å²) in [7, 11) is 8.50. The number of hydrogen-bond donors (Lipinski definition) is 0. The molecule has 0 atom stereocenters. The van der Waals surface area contributed by atoms with E-state index in [4.69, 9.17) is 4.74 Å². The number of aryl methyl sites for hydroxylation is 1. The maximum absolute atomic E-state index is 5.88. The van der Waals surface area contributed by atoms with Crippen molar-refractivity contribution in [3.05, 3.63) is 121 Å². The average molecular weight is 490 g/mol. The summed E-state index contributed by atoms with van der Waals surface area (Å²) >= 11 is 0. The number of nitrogens with zero attached hydrogens (tertiary/aromatic N) is 1. The number of hydrogen-bond acceptors (Lipinski definition) is 1. The zero-order chi connectivity index (χ0) is 26.6. The molecule has 0 saturated heterocycles. The Morgan fingerprint density at radius 1 is 0.622 bits per heavy atom. The third kappa shape index (κ3) is 8.71. The lowest BCUT2D eigenvalue weighted by Gasteiger charge is -2.38. The van der Waals surface area contributed by atoms with E-state index in [0.717, 1.165) is 23.1 Å². The average Bonchev–Trinajstić information content (AvgIpc) is 2.90. The predicted octanol–water partition coefficient (Wildman–Crippen LogP) is 5.19. The van der Waals surface area contributed by atoms with Gasteiger partial charge in [-0.3, -0.25) is 5.82 Å². The Kier molecular flexibility index (Phi) is 10.2. The zero-order valence-electron chi connectivity index (χ0n) is 23.0. The second-order valence-electron chi connectivity index (χ2n) is 10.9. The number of quaternary nitrogens is 1. The largest absolute Gasteiger partial charge is 0.494 e. The van der Waals surface area contributed by atoms with Crippen molar-refractivity contribution < 1.29 is 9.22 Å². The van der Waals surface area contributed by atoms with Crippen LogP contribution in [0.15, 0.2) is 115 Å². The quantitative estimate of drug-likeness (QED) is 0.150. The number of benzene rings is 4. The molecule has 0 aliphatic rings. The number of ether oxygens (including phenoxy) is 1. The summed E-state index contributed by atoms with van der Waals surface area (Å²) in [4.78, 5) is 0. The van der Waals surface area contributed by atoms with Gasteiger partial charge in [-0.05, 0) is 25.5 Å². The molecule has 0 spiro atoms. The zero-order valence-corrected chi connectivity index (χ0v) is 23.0. The Labute approximate surface area is 224 Å². The third-order valence-electron chi connectivity index (χ3n) is 5.95. The summed E-state index contributed by atoms with van der Waals surface area (Å²) in [6.07, 6.45) is 0.301. The molecule has 2 nitrogen and oxygen atoms in total. The summed E-state index contributed by atoms with van der Waals surface area (Å²) in [5, 5.41) is 0. The monoisotopic (exact) mass is 489 g/mol. The van der Waals surface area contributed by atoms with Crippen molar-refractivity contribution in [2.75, 3.05) is 34.8 Å². The molecule has 4 aromatic carbocycles. The van der Waals surface area contributed by atoms with Crippen LogP contribution in [0.2, 0.25) is 0 Å². The van der Waals surface area contributed by atoms with Crippen molar-refractivity contribution in [2.45, 2.75) is 19.8 Å². The van der Waals surface area contributed by atoms with Crippen LogP contribution in [0.4, 0.5) is 0 Å². The molecule has 0 fully saturated rings. The van der Waals surface area contributed by atoms with Gasteiger partial charge in [0, 0.05) is 6.42 Å². The summed E-state index contributed by atoms with van der Waals surface area (Å²) in [5.41, 5.74) is 4.97. The van der Waals surface area contributed by atoms with Gasteiger partial charge in [0.25, 0.3) is 0 Å². The minimum atomic E-state index is -1.39. The highest BCUT2D eigenvalue weighted by Crippen LogP contribution is 2.12. The van der Waals surface area contributed by atoms with Gasteiger partial charge in [-0.25, -0.2) is 0 Å². The normalized spacial score (nSPS) is 10.9. The van der Waals surface area contributed by atoms with Crippen LogP contribution < -0.4 is 21.1 Å². The van der Waals surface area contributed by atoms with E-state index in [1.165, 1.54) is 22.0 Å². The van der Waals surface area contributed by atoms with Gasteiger partial charge in [0.1, 0.15) is 11.9 Å². The van der Waals surface area contributed by atoms with E-state index in [-0.39, 0.29) is 0 Å². The second-order valence-corrected chi connectivity index (χ2v) is 10.9. The van der Waals surface area contributed by atoms with Gasteiger partial charge in [-0.15, -0.1) is 5.92 Å². The predicted molar refractivity (Wildman–Crippen MR) is 162 cm³/mol. The summed E-state index contributed by atoms with van der Waals surface area (Å²) in [6.45, 7) is 2.75. The number of unbranched alkanes of at least 4 members (excludes halogenated alkanes) is 1. The van der Waals surface area contributed by atoms with Crippen LogP contribution in [0.5, 0.6) is 5.75 Å². The fraction of sp³-hybridized carbons (Fsp3) is 0.235. The smallest absolute Gasteiger partial charge is 0.149 e. The molecule has 0 amide bonds. The minimum absolute atomic E-state index is 0.666. The minimum Gasteiger partial charge on any atom is -0.494 e. The Hall–Kier alpha value is -3.74. The Morgan fingerprint density at radius 3 is 1.43 bits per heavy atom. The maximum Gasteiger partial charge on any atom is 0.149 e.